The van der Waals surface area contributed by atoms with Crippen LogP contribution in [0.4, 0.5) is 8.78 Å². The first-order valence-electron chi connectivity index (χ1n) is 5.61. The Morgan fingerprint density at radius 3 is 2.20 bits per heavy atom. The van der Waals surface area contributed by atoms with Crippen LogP contribution in [0.1, 0.15) is 20.3 Å². The van der Waals surface area contributed by atoms with E-state index in [4.69, 9.17) is 11.6 Å². The lowest BCUT2D eigenvalue weighted by atomic mass is 10.3. The Bertz CT molecular complexity index is 406. The number of allylic oxidation sites excluding steroid dienone is 1. The Morgan fingerprint density at radius 1 is 1.20 bits per heavy atom. The summed E-state index contributed by atoms with van der Waals surface area (Å²) in [5.74, 6) is -3.07. The number of alkyl halides is 3. The summed E-state index contributed by atoms with van der Waals surface area (Å²) in [6.07, 6.45) is -0.430. The van der Waals surface area contributed by atoms with Crippen LogP contribution >= 0.6 is 11.6 Å². The van der Waals surface area contributed by atoms with Gasteiger partial charge in [-0.2, -0.15) is 8.78 Å². The van der Waals surface area contributed by atoms with Gasteiger partial charge in [0.05, 0.1) is 19.3 Å². The van der Waals surface area contributed by atoms with Crippen LogP contribution < -0.4 is 5.32 Å². The second kappa shape index (κ2) is 8.47. The van der Waals surface area contributed by atoms with Gasteiger partial charge in [-0.05, 0) is 25.4 Å². The minimum atomic E-state index is -3.99. The van der Waals surface area contributed by atoms with Gasteiger partial charge in [0.25, 0.3) is 0 Å². The summed E-state index contributed by atoms with van der Waals surface area (Å²) in [5.41, 5.74) is -1.17. The molecule has 0 bridgehead atoms. The average molecular weight is 314 g/mol. The molecule has 0 rings (SSSR count). The van der Waals surface area contributed by atoms with Crippen molar-refractivity contribution in [3.63, 3.8) is 0 Å². The van der Waals surface area contributed by atoms with Crippen molar-refractivity contribution >= 4 is 29.4 Å². The third-order valence-electron chi connectivity index (χ3n) is 1.74. The van der Waals surface area contributed by atoms with Crippen LogP contribution in [0.25, 0.3) is 0 Å². The first-order valence-corrected chi connectivity index (χ1v) is 5.99. The van der Waals surface area contributed by atoms with E-state index in [-0.39, 0.29) is 13.2 Å². The molecule has 0 radical (unpaired) electrons. The fourth-order valence-electron chi connectivity index (χ4n) is 1.03. The van der Waals surface area contributed by atoms with E-state index in [2.05, 4.69) is 9.47 Å². The van der Waals surface area contributed by atoms with Crippen LogP contribution in [-0.4, -0.2) is 36.4 Å². The number of hydrogen-bond acceptors (Lipinski definition) is 5. The van der Waals surface area contributed by atoms with E-state index >= 15 is 0 Å². The maximum atomic E-state index is 13.0. The zero-order valence-corrected chi connectivity index (χ0v) is 11.6. The molecule has 1 N–H and O–H groups in total. The largest absolute Gasteiger partial charge is 0.466 e. The number of carbonyl (C=O) groups excluding carboxylic acids is 3. The van der Waals surface area contributed by atoms with Gasteiger partial charge in [0.1, 0.15) is 12.1 Å². The lowest BCUT2D eigenvalue weighted by Crippen LogP contribution is -2.33. The molecule has 0 unspecified atom stereocenters. The number of carbonyl (C=O) groups is 3. The highest BCUT2D eigenvalue weighted by Crippen LogP contribution is 2.26. The van der Waals surface area contributed by atoms with Crippen molar-refractivity contribution in [1.29, 1.82) is 0 Å². The quantitative estimate of drug-likeness (QED) is 0.332. The first-order chi connectivity index (χ1) is 9.20. The van der Waals surface area contributed by atoms with Crippen molar-refractivity contribution < 1.29 is 32.6 Å². The SMILES string of the molecule is CCOC(=O)C=C(NC(=O)CC(=O)OCC)C(F)(F)Cl. The highest BCUT2D eigenvalue weighted by Gasteiger charge is 2.33. The molecule has 0 aromatic carbocycles. The monoisotopic (exact) mass is 313 g/mol. The third-order valence-corrected chi connectivity index (χ3v) is 1.94. The molecule has 0 aliphatic carbocycles. The van der Waals surface area contributed by atoms with Crippen LogP contribution in [0, 0.1) is 0 Å². The summed E-state index contributed by atoms with van der Waals surface area (Å²) >= 11 is 4.74. The second-order valence-corrected chi connectivity index (χ2v) is 3.81. The molecule has 0 aliphatic heterocycles. The summed E-state index contributed by atoms with van der Waals surface area (Å²) in [7, 11) is 0. The molecule has 6 nitrogen and oxygen atoms in total. The fraction of sp³-hybridized carbons (Fsp3) is 0.545. The number of ether oxygens (including phenoxy) is 2. The number of hydrogen-bond donors (Lipinski definition) is 1. The summed E-state index contributed by atoms with van der Waals surface area (Å²) < 4.78 is 34.9. The molecule has 0 saturated carbocycles. The third kappa shape index (κ3) is 7.67. The van der Waals surface area contributed by atoms with Crippen molar-refractivity contribution in [3.05, 3.63) is 11.8 Å². The lowest BCUT2D eigenvalue weighted by molar-refractivity contribution is -0.146. The smallest absolute Gasteiger partial charge is 0.363 e. The molecule has 0 aromatic rings. The van der Waals surface area contributed by atoms with E-state index in [0.29, 0.717) is 6.08 Å². The summed E-state index contributed by atoms with van der Waals surface area (Å²) in [6.45, 7) is 3.01. The van der Waals surface area contributed by atoms with Crippen LogP contribution in [0.5, 0.6) is 0 Å². The van der Waals surface area contributed by atoms with Gasteiger partial charge in [0, 0.05) is 0 Å². The van der Waals surface area contributed by atoms with Crippen LogP contribution in [0.15, 0.2) is 11.8 Å². The summed E-state index contributed by atoms with van der Waals surface area (Å²) in [5, 5.41) is -2.31. The normalized spacial score (nSPS) is 11.8. The second-order valence-electron chi connectivity index (χ2n) is 3.34. The van der Waals surface area contributed by atoms with Gasteiger partial charge in [0.15, 0.2) is 0 Å². The van der Waals surface area contributed by atoms with Crippen molar-refractivity contribution in [2.24, 2.45) is 0 Å². The topological polar surface area (TPSA) is 81.7 Å². The van der Waals surface area contributed by atoms with E-state index < -0.39 is 35.3 Å². The van der Waals surface area contributed by atoms with Crippen LogP contribution in [0.3, 0.4) is 0 Å². The zero-order chi connectivity index (χ0) is 15.8. The number of esters is 2. The zero-order valence-electron chi connectivity index (χ0n) is 10.9. The predicted molar refractivity (Wildman–Crippen MR) is 64.9 cm³/mol. The van der Waals surface area contributed by atoms with Crippen LogP contribution in [-0.2, 0) is 23.9 Å². The molecule has 0 atom stereocenters. The minimum Gasteiger partial charge on any atom is -0.466 e. The first kappa shape index (κ1) is 18.3. The molecule has 114 valence electrons. The molecule has 1 amide bonds. The van der Waals surface area contributed by atoms with Gasteiger partial charge in [-0.1, -0.05) is 0 Å². The van der Waals surface area contributed by atoms with E-state index in [1.165, 1.54) is 13.8 Å². The van der Waals surface area contributed by atoms with E-state index in [9.17, 15) is 23.2 Å². The summed E-state index contributed by atoms with van der Waals surface area (Å²) in [6, 6.07) is 0. The Hall–Kier alpha value is -1.70. The molecule has 0 fully saturated rings. The lowest BCUT2D eigenvalue weighted by Gasteiger charge is -2.14. The molecule has 0 aliphatic rings. The van der Waals surface area contributed by atoms with Crippen LogP contribution in [0.2, 0.25) is 0 Å². The van der Waals surface area contributed by atoms with Gasteiger partial charge in [0.2, 0.25) is 5.91 Å². The molecular weight excluding hydrogens is 300 g/mol. The van der Waals surface area contributed by atoms with E-state index in [1.54, 1.807) is 5.32 Å². The summed E-state index contributed by atoms with van der Waals surface area (Å²) in [4.78, 5) is 33.4. The number of amides is 1. The van der Waals surface area contributed by atoms with E-state index in [1.807, 2.05) is 0 Å². The molecule has 9 heteroatoms. The Labute approximate surface area is 119 Å². The molecular formula is C11H14ClF2NO5. The maximum absolute atomic E-state index is 13.0. The van der Waals surface area contributed by atoms with Gasteiger partial charge < -0.3 is 14.8 Å². The molecule has 0 spiro atoms. The highest BCUT2D eigenvalue weighted by atomic mass is 35.5. The molecule has 0 aromatic heterocycles. The molecule has 0 heterocycles. The van der Waals surface area contributed by atoms with Crippen molar-refractivity contribution in [3.8, 4) is 0 Å². The standard InChI is InChI=1S/C11H14ClF2NO5/c1-3-19-9(17)5-7(11(12,13)14)15-8(16)6-10(18)20-4-2/h5H,3-4,6H2,1-2H3,(H,15,16). The highest BCUT2D eigenvalue weighted by molar-refractivity contribution is 6.24. The Morgan fingerprint density at radius 2 is 1.75 bits per heavy atom. The predicted octanol–water partition coefficient (Wildman–Crippen LogP) is 1.33. The fourth-order valence-corrected chi connectivity index (χ4v) is 1.13. The minimum absolute atomic E-state index is 0.0345. The van der Waals surface area contributed by atoms with Crippen molar-refractivity contribution in [2.45, 2.75) is 25.7 Å². The van der Waals surface area contributed by atoms with E-state index in [0.717, 1.165) is 0 Å². The van der Waals surface area contributed by atoms with Gasteiger partial charge >= 0.3 is 17.3 Å². The Balaban J connectivity index is 4.80. The van der Waals surface area contributed by atoms with Crippen molar-refractivity contribution in [2.75, 3.05) is 13.2 Å². The van der Waals surface area contributed by atoms with Gasteiger partial charge in [-0.25, -0.2) is 4.79 Å². The molecule has 20 heavy (non-hydrogen) atoms. The Kier molecular flexibility index (Phi) is 7.75. The maximum Gasteiger partial charge on any atom is 0.363 e. The van der Waals surface area contributed by atoms with Crippen molar-refractivity contribution in [1.82, 2.24) is 5.32 Å². The number of nitrogens with one attached hydrogen (secondary N) is 1. The van der Waals surface area contributed by atoms with Gasteiger partial charge in [-0.15, -0.1) is 0 Å². The number of halogens is 3. The number of rotatable bonds is 7. The van der Waals surface area contributed by atoms with Gasteiger partial charge in [-0.3, -0.25) is 9.59 Å². The average Bonchev–Trinajstić information content (AvgIpc) is 2.27. The molecule has 0 saturated heterocycles.